The van der Waals surface area contributed by atoms with Gasteiger partial charge in [0.15, 0.2) is 0 Å². The van der Waals surface area contributed by atoms with Gasteiger partial charge in [-0.1, -0.05) is 6.07 Å². The zero-order chi connectivity index (χ0) is 15.7. The van der Waals surface area contributed by atoms with E-state index in [2.05, 4.69) is 23.8 Å². The van der Waals surface area contributed by atoms with Crippen LogP contribution in [0.2, 0.25) is 0 Å². The number of pyridine rings is 1. The lowest BCUT2D eigenvalue weighted by molar-refractivity contribution is 0.0515. The third-order valence-corrected chi connectivity index (χ3v) is 5.47. The van der Waals surface area contributed by atoms with Crippen LogP contribution in [0.3, 0.4) is 0 Å². The summed E-state index contributed by atoms with van der Waals surface area (Å²) in [5.41, 5.74) is 1.63. The second-order valence-corrected chi connectivity index (χ2v) is 6.99. The summed E-state index contributed by atoms with van der Waals surface area (Å²) in [4.78, 5) is 24.6. The average Bonchev–Trinajstić information content (AvgIpc) is 2.90. The van der Waals surface area contributed by atoms with Crippen LogP contribution in [0.15, 0.2) is 24.4 Å². The van der Waals surface area contributed by atoms with E-state index in [1.165, 1.54) is 17.8 Å². The van der Waals surface area contributed by atoms with Crippen molar-refractivity contribution in [1.29, 1.82) is 0 Å². The van der Waals surface area contributed by atoms with Crippen molar-refractivity contribution in [2.45, 2.75) is 52.1 Å². The summed E-state index contributed by atoms with van der Waals surface area (Å²) in [6.07, 6.45) is 5.12. The molecule has 2 atom stereocenters. The molecule has 5 heteroatoms. The number of nitrogens with zero attached hydrogens (tertiary/aromatic N) is 3. The first-order valence-corrected chi connectivity index (χ1v) is 8.61. The van der Waals surface area contributed by atoms with Crippen molar-refractivity contribution < 1.29 is 4.79 Å². The van der Waals surface area contributed by atoms with E-state index in [0.29, 0.717) is 12.1 Å². The van der Waals surface area contributed by atoms with E-state index in [1.54, 1.807) is 6.20 Å². The monoisotopic (exact) mass is 315 g/mol. The molecule has 0 saturated carbocycles. The molecule has 0 spiro atoms. The molecule has 0 aromatic carbocycles. The first kappa shape index (κ1) is 15.2. The Balaban J connectivity index is 1.92. The van der Waals surface area contributed by atoms with Gasteiger partial charge in [-0.15, -0.1) is 11.3 Å². The minimum absolute atomic E-state index is 0.122. The van der Waals surface area contributed by atoms with Gasteiger partial charge in [-0.3, -0.25) is 9.78 Å². The molecule has 0 unspecified atom stereocenters. The van der Waals surface area contributed by atoms with E-state index >= 15 is 0 Å². The Morgan fingerprint density at radius 3 is 2.64 bits per heavy atom. The average molecular weight is 315 g/mol. The van der Waals surface area contributed by atoms with Crippen molar-refractivity contribution in [3.8, 4) is 10.7 Å². The van der Waals surface area contributed by atoms with Crippen LogP contribution in [0.1, 0.15) is 48.5 Å². The van der Waals surface area contributed by atoms with Crippen molar-refractivity contribution in [1.82, 2.24) is 14.9 Å². The fourth-order valence-electron chi connectivity index (χ4n) is 3.13. The predicted molar refractivity (Wildman–Crippen MR) is 89.0 cm³/mol. The zero-order valence-electron chi connectivity index (χ0n) is 13.2. The van der Waals surface area contributed by atoms with Gasteiger partial charge in [0.25, 0.3) is 5.91 Å². The summed E-state index contributed by atoms with van der Waals surface area (Å²) >= 11 is 1.45. The highest BCUT2D eigenvalue weighted by atomic mass is 32.1. The molecule has 3 rings (SSSR count). The number of likely N-dealkylation sites (tertiary alicyclic amines) is 1. The van der Waals surface area contributed by atoms with Crippen LogP contribution < -0.4 is 0 Å². The Hall–Kier alpha value is -1.75. The topological polar surface area (TPSA) is 46.1 Å². The summed E-state index contributed by atoms with van der Waals surface area (Å²) in [5, 5.41) is 0.818. The number of carbonyl (C=O) groups is 1. The lowest BCUT2D eigenvalue weighted by Gasteiger charge is -2.38. The van der Waals surface area contributed by atoms with Crippen LogP contribution in [0.4, 0.5) is 0 Å². The molecule has 116 valence electrons. The van der Waals surface area contributed by atoms with Crippen LogP contribution in [-0.4, -0.2) is 32.9 Å². The van der Waals surface area contributed by atoms with E-state index in [1.807, 2.05) is 30.0 Å². The molecule has 2 aromatic rings. The van der Waals surface area contributed by atoms with E-state index in [9.17, 15) is 4.79 Å². The van der Waals surface area contributed by atoms with E-state index < -0.39 is 0 Å². The maximum atomic E-state index is 13.0. The zero-order valence-corrected chi connectivity index (χ0v) is 14.1. The molecule has 1 saturated heterocycles. The number of carbonyl (C=O) groups excluding carboxylic acids is 1. The Morgan fingerprint density at radius 2 is 2.00 bits per heavy atom. The van der Waals surface area contributed by atoms with Crippen molar-refractivity contribution >= 4 is 17.2 Å². The third kappa shape index (κ3) is 2.77. The van der Waals surface area contributed by atoms with Crippen molar-refractivity contribution in [3.05, 3.63) is 35.0 Å². The SMILES string of the molecule is Cc1nc(-c2ccccn2)sc1C(=O)N1[C@H](C)CCC[C@@H]1C. The van der Waals surface area contributed by atoms with Crippen LogP contribution in [0.25, 0.3) is 10.7 Å². The molecule has 0 N–H and O–H groups in total. The Kier molecular flexibility index (Phi) is 4.25. The quantitative estimate of drug-likeness (QED) is 0.844. The summed E-state index contributed by atoms with van der Waals surface area (Å²) in [6.45, 7) is 6.20. The van der Waals surface area contributed by atoms with E-state index in [-0.39, 0.29) is 5.91 Å². The molecular weight excluding hydrogens is 294 g/mol. The van der Waals surface area contributed by atoms with Gasteiger partial charge < -0.3 is 4.90 Å². The van der Waals surface area contributed by atoms with Crippen LogP contribution in [0, 0.1) is 6.92 Å². The van der Waals surface area contributed by atoms with Gasteiger partial charge in [-0.05, 0) is 52.2 Å². The van der Waals surface area contributed by atoms with Gasteiger partial charge in [0.1, 0.15) is 9.88 Å². The molecule has 1 aliphatic rings. The van der Waals surface area contributed by atoms with Crippen molar-refractivity contribution in [2.24, 2.45) is 0 Å². The molecule has 3 heterocycles. The fraction of sp³-hybridized carbons (Fsp3) is 0.471. The summed E-state index contributed by atoms with van der Waals surface area (Å²) in [5.74, 6) is 0.122. The molecule has 22 heavy (non-hydrogen) atoms. The lowest BCUT2D eigenvalue weighted by Crippen LogP contribution is -2.47. The molecule has 0 bridgehead atoms. The van der Waals surface area contributed by atoms with Crippen molar-refractivity contribution in [2.75, 3.05) is 0 Å². The molecule has 0 aliphatic carbocycles. The molecule has 4 nitrogen and oxygen atoms in total. The minimum Gasteiger partial charge on any atom is -0.332 e. The highest BCUT2D eigenvalue weighted by Crippen LogP contribution is 2.31. The highest BCUT2D eigenvalue weighted by molar-refractivity contribution is 7.17. The lowest BCUT2D eigenvalue weighted by atomic mass is 9.97. The maximum absolute atomic E-state index is 13.0. The fourth-order valence-corrected chi connectivity index (χ4v) is 4.12. The summed E-state index contributed by atoms with van der Waals surface area (Å²) < 4.78 is 0. The first-order chi connectivity index (χ1) is 10.6. The minimum atomic E-state index is 0.122. The van der Waals surface area contributed by atoms with Crippen LogP contribution >= 0.6 is 11.3 Å². The van der Waals surface area contributed by atoms with Gasteiger partial charge >= 0.3 is 0 Å². The Bertz CT molecular complexity index is 658. The number of aryl methyl sites for hydroxylation is 1. The summed E-state index contributed by atoms with van der Waals surface area (Å²) in [6, 6.07) is 6.35. The number of thiazole rings is 1. The molecule has 2 aromatic heterocycles. The molecule has 1 amide bonds. The number of amides is 1. The second-order valence-electron chi connectivity index (χ2n) is 5.99. The van der Waals surface area contributed by atoms with Crippen molar-refractivity contribution in [3.63, 3.8) is 0 Å². The number of rotatable bonds is 2. The molecule has 1 fully saturated rings. The number of hydrogen-bond donors (Lipinski definition) is 0. The number of hydrogen-bond acceptors (Lipinski definition) is 4. The second kappa shape index (κ2) is 6.16. The molecule has 0 radical (unpaired) electrons. The van der Waals surface area contributed by atoms with Gasteiger partial charge in [0.2, 0.25) is 0 Å². The van der Waals surface area contributed by atoms with Gasteiger partial charge in [-0.2, -0.15) is 0 Å². The Labute approximate surface area is 135 Å². The summed E-state index contributed by atoms with van der Waals surface area (Å²) in [7, 11) is 0. The normalized spacial score (nSPS) is 21.9. The van der Waals surface area contributed by atoms with E-state index in [4.69, 9.17) is 0 Å². The molecular formula is C17H21N3OS. The highest BCUT2D eigenvalue weighted by Gasteiger charge is 2.31. The largest absolute Gasteiger partial charge is 0.332 e. The standard InChI is InChI=1S/C17H21N3OS/c1-11-7-6-8-12(2)20(11)17(21)15-13(3)19-16(22-15)14-9-4-5-10-18-14/h4-5,9-12H,6-8H2,1-3H3/t11-,12+. The van der Waals surface area contributed by atoms with Crippen LogP contribution in [-0.2, 0) is 0 Å². The molecule has 1 aliphatic heterocycles. The number of piperidine rings is 1. The maximum Gasteiger partial charge on any atom is 0.266 e. The third-order valence-electron chi connectivity index (χ3n) is 4.30. The Morgan fingerprint density at radius 1 is 1.27 bits per heavy atom. The van der Waals surface area contributed by atoms with Gasteiger partial charge in [0, 0.05) is 18.3 Å². The van der Waals surface area contributed by atoms with Gasteiger partial charge in [0.05, 0.1) is 11.4 Å². The van der Waals surface area contributed by atoms with E-state index in [0.717, 1.165) is 34.1 Å². The first-order valence-electron chi connectivity index (χ1n) is 7.79. The number of aromatic nitrogens is 2. The van der Waals surface area contributed by atoms with Gasteiger partial charge in [-0.25, -0.2) is 4.98 Å². The predicted octanol–water partition coefficient (Wildman–Crippen LogP) is 3.92. The van der Waals surface area contributed by atoms with Crippen LogP contribution in [0.5, 0.6) is 0 Å². The smallest absolute Gasteiger partial charge is 0.266 e.